The molecule has 0 aromatic heterocycles. The molecule has 2 aromatic rings. The van der Waals surface area contributed by atoms with Crippen molar-refractivity contribution in [3.8, 4) is 11.5 Å². The smallest absolute Gasteiger partial charge is 0.279 e. The molecule has 0 bridgehead atoms. The molecule has 1 fully saturated rings. The number of piperazine rings is 1. The lowest BCUT2D eigenvalue weighted by Gasteiger charge is -2.35. The van der Waals surface area contributed by atoms with Gasteiger partial charge in [-0.25, -0.2) is 0 Å². The Hall–Kier alpha value is -3.06. The van der Waals surface area contributed by atoms with Gasteiger partial charge < -0.3 is 24.6 Å². The summed E-state index contributed by atoms with van der Waals surface area (Å²) in [6.45, 7) is 7.37. The van der Waals surface area contributed by atoms with Crippen molar-refractivity contribution >= 4 is 17.5 Å². The summed E-state index contributed by atoms with van der Waals surface area (Å²) in [7, 11) is 0. The van der Waals surface area contributed by atoms with Gasteiger partial charge in [0.2, 0.25) is 6.10 Å². The van der Waals surface area contributed by atoms with E-state index < -0.39 is 6.10 Å². The maximum atomic E-state index is 12.8. The van der Waals surface area contributed by atoms with Crippen LogP contribution in [0.5, 0.6) is 11.5 Å². The fourth-order valence-electron chi connectivity index (χ4n) is 3.82. The summed E-state index contributed by atoms with van der Waals surface area (Å²) in [5, 5.41) is 2.98. The summed E-state index contributed by atoms with van der Waals surface area (Å²) >= 11 is 0. The van der Waals surface area contributed by atoms with E-state index in [1.165, 1.54) is 10.5 Å². The highest BCUT2D eigenvalue weighted by Gasteiger charge is 2.34. The Balaban J connectivity index is 1.25. The summed E-state index contributed by atoms with van der Waals surface area (Å²) in [5.74, 6) is 1.22. The van der Waals surface area contributed by atoms with Crippen LogP contribution in [-0.4, -0.2) is 62.1 Å². The van der Waals surface area contributed by atoms with Crippen LogP contribution in [0, 0.1) is 13.8 Å². The summed E-state index contributed by atoms with van der Waals surface area (Å²) < 4.78 is 11.5. The molecule has 1 saturated heterocycles. The lowest BCUT2D eigenvalue weighted by atomic mass is 10.1. The minimum Gasteiger partial charge on any atom is -0.485 e. The molecule has 0 radical (unpaired) electrons. The highest BCUT2D eigenvalue weighted by Crippen LogP contribution is 2.31. The number of nitrogens with one attached hydrogen (secondary N) is 2. The molecule has 7 nitrogen and oxygen atoms in total. The van der Waals surface area contributed by atoms with Gasteiger partial charge in [0.25, 0.3) is 11.8 Å². The van der Waals surface area contributed by atoms with Crippen LogP contribution in [0.1, 0.15) is 11.1 Å². The molecule has 2 aromatic carbocycles. The first kappa shape index (κ1) is 20.2. The Morgan fingerprint density at radius 2 is 1.80 bits per heavy atom. The highest BCUT2D eigenvalue weighted by molar-refractivity contribution is 5.91. The van der Waals surface area contributed by atoms with Gasteiger partial charge in [-0.3, -0.25) is 9.59 Å². The minimum atomic E-state index is -0.616. The first-order valence-electron chi connectivity index (χ1n) is 10.4. The second-order valence-corrected chi connectivity index (χ2v) is 7.96. The van der Waals surface area contributed by atoms with Crippen LogP contribution in [0.2, 0.25) is 0 Å². The summed E-state index contributed by atoms with van der Waals surface area (Å²) in [5.41, 5.74) is 3.19. The van der Waals surface area contributed by atoms with Crippen LogP contribution >= 0.6 is 0 Å². The quantitative estimate of drug-likeness (QED) is 0.783. The van der Waals surface area contributed by atoms with E-state index in [1.54, 1.807) is 0 Å². The van der Waals surface area contributed by atoms with Crippen molar-refractivity contribution in [3.05, 3.63) is 53.6 Å². The number of amides is 2. The number of hydrogen-bond donors (Lipinski definition) is 2. The Kier molecular flexibility index (Phi) is 5.90. The van der Waals surface area contributed by atoms with Crippen LogP contribution in [-0.2, 0) is 9.59 Å². The molecule has 0 spiro atoms. The van der Waals surface area contributed by atoms with Gasteiger partial charge >= 0.3 is 0 Å². The molecule has 4 rings (SSSR count). The van der Waals surface area contributed by atoms with Crippen LogP contribution < -0.4 is 19.7 Å². The first-order valence-corrected chi connectivity index (χ1v) is 10.4. The Labute approximate surface area is 176 Å². The topological polar surface area (TPSA) is 72.3 Å². The molecular weight excluding hydrogens is 382 g/mol. The van der Waals surface area contributed by atoms with Gasteiger partial charge in [0.05, 0.1) is 26.2 Å². The van der Waals surface area contributed by atoms with Crippen molar-refractivity contribution < 1.29 is 24.0 Å². The molecule has 7 heteroatoms. The van der Waals surface area contributed by atoms with E-state index in [0.29, 0.717) is 31.1 Å². The van der Waals surface area contributed by atoms with Gasteiger partial charge in [-0.15, -0.1) is 0 Å². The largest absolute Gasteiger partial charge is 0.485 e. The minimum absolute atomic E-state index is 0.00588. The number of fused-ring (bicyclic) bond motifs is 1. The second-order valence-electron chi connectivity index (χ2n) is 7.96. The molecule has 158 valence electrons. The van der Waals surface area contributed by atoms with Crippen molar-refractivity contribution in [1.29, 1.82) is 0 Å². The summed E-state index contributed by atoms with van der Waals surface area (Å²) in [6, 6.07) is 13.3. The van der Waals surface area contributed by atoms with E-state index in [4.69, 9.17) is 9.47 Å². The van der Waals surface area contributed by atoms with Gasteiger partial charge in [-0.05, 0) is 49.2 Å². The monoisotopic (exact) mass is 410 g/mol. The van der Waals surface area contributed by atoms with Crippen molar-refractivity contribution in [2.45, 2.75) is 20.0 Å². The van der Waals surface area contributed by atoms with E-state index in [-0.39, 0.29) is 18.4 Å². The Bertz CT molecular complexity index is 938. The molecule has 2 amide bonds. The van der Waals surface area contributed by atoms with Gasteiger partial charge in [0, 0.05) is 5.69 Å². The maximum absolute atomic E-state index is 12.8. The molecule has 0 unspecified atom stereocenters. The number of carbonyl (C=O) groups excluding carboxylic acids is 2. The van der Waals surface area contributed by atoms with Crippen molar-refractivity contribution in [1.82, 2.24) is 4.90 Å². The van der Waals surface area contributed by atoms with Crippen molar-refractivity contribution in [3.63, 3.8) is 0 Å². The van der Waals surface area contributed by atoms with Crippen molar-refractivity contribution in [2.75, 3.05) is 44.6 Å². The number of carbonyl (C=O) groups is 2. The normalized spacial score (nSPS) is 18.7. The maximum Gasteiger partial charge on any atom is 0.279 e. The Morgan fingerprint density at radius 3 is 2.53 bits per heavy atom. The lowest BCUT2D eigenvalue weighted by Crippen LogP contribution is -3.15. The zero-order chi connectivity index (χ0) is 21.1. The third kappa shape index (κ3) is 4.57. The van der Waals surface area contributed by atoms with Gasteiger partial charge in [0.15, 0.2) is 18.0 Å². The molecular formula is C23H28N3O4+. The molecule has 1 atom stereocenters. The predicted molar refractivity (Wildman–Crippen MR) is 113 cm³/mol. The zero-order valence-electron chi connectivity index (χ0n) is 17.4. The first-order chi connectivity index (χ1) is 14.5. The SMILES string of the molecule is Cc1ccc(NC(=O)C[NH+]2CCN(C(=O)[C@H]3COc4ccccc4O3)CC2)cc1C. The van der Waals surface area contributed by atoms with Crippen LogP contribution in [0.25, 0.3) is 0 Å². The summed E-state index contributed by atoms with van der Waals surface area (Å²) in [4.78, 5) is 28.2. The molecule has 30 heavy (non-hydrogen) atoms. The Morgan fingerprint density at radius 1 is 1.07 bits per heavy atom. The number of anilines is 1. The average Bonchev–Trinajstić information content (AvgIpc) is 2.76. The highest BCUT2D eigenvalue weighted by atomic mass is 16.6. The molecule has 2 N–H and O–H groups in total. The zero-order valence-corrected chi connectivity index (χ0v) is 17.4. The number of ether oxygens (including phenoxy) is 2. The van der Waals surface area contributed by atoms with E-state index >= 15 is 0 Å². The third-order valence-corrected chi connectivity index (χ3v) is 5.77. The van der Waals surface area contributed by atoms with Gasteiger partial charge in [-0.2, -0.15) is 0 Å². The van der Waals surface area contributed by atoms with E-state index in [9.17, 15) is 9.59 Å². The molecule has 2 heterocycles. The standard InChI is InChI=1S/C23H27N3O4/c1-16-7-8-18(13-17(16)2)24-22(27)14-25-9-11-26(12-10-25)23(28)21-15-29-19-5-3-4-6-20(19)30-21/h3-8,13,21H,9-12,14-15H2,1-2H3,(H,24,27)/p+1/t21-/m1/s1. The predicted octanol–water partition coefficient (Wildman–Crippen LogP) is 0.809. The van der Waals surface area contributed by atoms with Crippen LogP contribution in [0.3, 0.4) is 0 Å². The number of nitrogens with zero attached hydrogens (tertiary/aromatic N) is 1. The van der Waals surface area contributed by atoms with Crippen LogP contribution in [0.15, 0.2) is 42.5 Å². The van der Waals surface area contributed by atoms with E-state index in [2.05, 4.69) is 12.2 Å². The molecule has 0 saturated carbocycles. The molecule has 2 aliphatic heterocycles. The summed E-state index contributed by atoms with van der Waals surface area (Å²) in [6.07, 6.45) is -0.616. The lowest BCUT2D eigenvalue weighted by molar-refractivity contribution is -0.895. The molecule has 0 aliphatic carbocycles. The fraction of sp³-hybridized carbons (Fsp3) is 0.391. The van der Waals surface area contributed by atoms with Crippen LogP contribution in [0.4, 0.5) is 5.69 Å². The third-order valence-electron chi connectivity index (χ3n) is 5.77. The number of hydrogen-bond acceptors (Lipinski definition) is 4. The number of aryl methyl sites for hydroxylation is 2. The van der Waals surface area contributed by atoms with E-state index in [0.717, 1.165) is 24.3 Å². The fourth-order valence-corrected chi connectivity index (χ4v) is 3.82. The number of rotatable bonds is 4. The van der Waals surface area contributed by atoms with E-state index in [1.807, 2.05) is 54.3 Å². The number of quaternary nitrogens is 1. The number of para-hydroxylation sites is 2. The van der Waals surface area contributed by atoms with Gasteiger partial charge in [0.1, 0.15) is 6.61 Å². The average molecular weight is 410 g/mol. The van der Waals surface area contributed by atoms with Crippen molar-refractivity contribution in [2.24, 2.45) is 0 Å². The number of benzene rings is 2. The molecule has 2 aliphatic rings. The van der Waals surface area contributed by atoms with Gasteiger partial charge in [-0.1, -0.05) is 18.2 Å². The second kappa shape index (κ2) is 8.75.